The third-order valence-electron chi connectivity index (χ3n) is 2.71. The van der Waals surface area contributed by atoms with Crippen LogP contribution in [-0.4, -0.2) is 26.0 Å². The number of H-pyrrole nitrogens is 1. The predicted molar refractivity (Wildman–Crippen MR) is 71.3 cm³/mol. The van der Waals surface area contributed by atoms with Gasteiger partial charge in [-0.05, 0) is 25.5 Å². The molecule has 104 valence electrons. The lowest BCUT2D eigenvalue weighted by molar-refractivity contribution is -0.385. The van der Waals surface area contributed by atoms with E-state index in [2.05, 4.69) is 20.5 Å². The molecule has 0 aliphatic rings. The number of nitrogen functional groups attached to an aromatic ring is 1. The predicted octanol–water partition coefficient (Wildman–Crippen LogP) is 1.16. The molecule has 0 atom stereocenters. The summed E-state index contributed by atoms with van der Waals surface area (Å²) in [6.45, 7) is 3.26. The first-order chi connectivity index (χ1) is 9.38. The molecule has 2 rings (SSSR count). The number of nitro benzene ring substituents is 1. The van der Waals surface area contributed by atoms with Gasteiger partial charge in [-0.15, -0.1) is 5.10 Å². The van der Waals surface area contributed by atoms with E-state index in [9.17, 15) is 14.9 Å². The molecule has 0 aliphatic carbocycles. The molecule has 0 unspecified atom stereocenters. The number of benzene rings is 1. The average Bonchev–Trinajstić information content (AvgIpc) is 2.79. The Bertz CT molecular complexity index is 693. The average molecular weight is 276 g/mol. The van der Waals surface area contributed by atoms with E-state index in [1.165, 1.54) is 12.1 Å². The maximum atomic E-state index is 11.9. The number of nitro groups is 1. The van der Waals surface area contributed by atoms with Crippen LogP contribution in [0, 0.1) is 24.0 Å². The fourth-order valence-corrected chi connectivity index (χ4v) is 1.69. The molecule has 0 saturated carbocycles. The van der Waals surface area contributed by atoms with Crippen molar-refractivity contribution in [3.8, 4) is 0 Å². The molecule has 0 bridgehead atoms. The van der Waals surface area contributed by atoms with Gasteiger partial charge in [0.15, 0.2) is 0 Å². The molecule has 0 spiro atoms. The van der Waals surface area contributed by atoms with Crippen LogP contribution in [-0.2, 0) is 0 Å². The van der Waals surface area contributed by atoms with Crippen molar-refractivity contribution in [2.24, 2.45) is 0 Å². The van der Waals surface area contributed by atoms with Gasteiger partial charge in [0, 0.05) is 17.3 Å². The fraction of sp³-hybridized carbons (Fsp3) is 0.182. The Hall–Kier alpha value is -2.97. The normalized spacial score (nSPS) is 10.3. The Balaban J connectivity index is 2.28. The van der Waals surface area contributed by atoms with Crippen LogP contribution in [0.1, 0.15) is 21.7 Å². The second-order valence-electron chi connectivity index (χ2n) is 4.21. The number of nitrogens with zero attached hydrogens (tertiary/aromatic N) is 3. The summed E-state index contributed by atoms with van der Waals surface area (Å²) in [6.07, 6.45) is 0. The molecule has 2 aromatic rings. The van der Waals surface area contributed by atoms with Gasteiger partial charge in [-0.1, -0.05) is 0 Å². The molecule has 1 aromatic carbocycles. The molecule has 9 heteroatoms. The van der Waals surface area contributed by atoms with Crippen molar-refractivity contribution in [1.82, 2.24) is 15.2 Å². The molecule has 1 aromatic heterocycles. The first-order valence-electron chi connectivity index (χ1n) is 5.63. The first-order valence-corrected chi connectivity index (χ1v) is 5.63. The molecule has 0 aliphatic heterocycles. The van der Waals surface area contributed by atoms with Gasteiger partial charge in [-0.3, -0.25) is 20.0 Å². The number of carbonyl (C=O) groups is 1. The van der Waals surface area contributed by atoms with Crippen LogP contribution >= 0.6 is 0 Å². The highest BCUT2D eigenvalue weighted by atomic mass is 16.6. The summed E-state index contributed by atoms with van der Waals surface area (Å²) in [5, 5.41) is 19.3. The van der Waals surface area contributed by atoms with Crippen LogP contribution in [0.4, 0.5) is 17.3 Å². The van der Waals surface area contributed by atoms with Crippen LogP contribution in [0.25, 0.3) is 0 Å². The second-order valence-corrected chi connectivity index (χ2v) is 4.21. The number of anilines is 2. The number of nitrogens with one attached hydrogen (secondary N) is 2. The SMILES string of the molecule is Cc1cc([N+](=O)[O-])c(C)cc1NC(=O)c1nc(N)n[nH]1. The molecule has 4 N–H and O–H groups in total. The number of nitrogens with two attached hydrogens (primary N) is 1. The number of rotatable bonds is 3. The van der Waals surface area contributed by atoms with Crippen LogP contribution in [0.15, 0.2) is 12.1 Å². The van der Waals surface area contributed by atoms with E-state index in [-0.39, 0.29) is 17.5 Å². The smallest absolute Gasteiger partial charge is 0.293 e. The van der Waals surface area contributed by atoms with Crippen molar-refractivity contribution < 1.29 is 9.72 Å². The minimum absolute atomic E-state index is 0.00408. The third kappa shape index (κ3) is 2.55. The molecule has 0 fully saturated rings. The molecule has 1 amide bonds. The van der Waals surface area contributed by atoms with E-state index in [1.807, 2.05) is 0 Å². The Morgan fingerprint density at radius 3 is 2.65 bits per heavy atom. The number of aromatic amines is 1. The quantitative estimate of drug-likeness (QED) is 0.567. The number of hydrogen-bond donors (Lipinski definition) is 3. The number of aromatic nitrogens is 3. The lowest BCUT2D eigenvalue weighted by Gasteiger charge is -2.08. The van der Waals surface area contributed by atoms with E-state index < -0.39 is 10.8 Å². The molecule has 0 saturated heterocycles. The van der Waals surface area contributed by atoms with E-state index in [1.54, 1.807) is 13.8 Å². The summed E-state index contributed by atoms with van der Waals surface area (Å²) in [6, 6.07) is 2.94. The summed E-state index contributed by atoms with van der Waals surface area (Å²) in [4.78, 5) is 25.9. The Labute approximate surface area is 113 Å². The van der Waals surface area contributed by atoms with Crippen molar-refractivity contribution in [2.45, 2.75) is 13.8 Å². The van der Waals surface area contributed by atoms with Gasteiger partial charge in [0.2, 0.25) is 11.8 Å². The van der Waals surface area contributed by atoms with E-state index in [4.69, 9.17) is 5.73 Å². The lowest BCUT2D eigenvalue weighted by Crippen LogP contribution is -2.15. The van der Waals surface area contributed by atoms with Gasteiger partial charge in [-0.2, -0.15) is 4.98 Å². The fourth-order valence-electron chi connectivity index (χ4n) is 1.69. The summed E-state index contributed by atoms with van der Waals surface area (Å²) >= 11 is 0. The van der Waals surface area contributed by atoms with Crippen molar-refractivity contribution in [2.75, 3.05) is 11.1 Å². The second kappa shape index (κ2) is 4.96. The van der Waals surface area contributed by atoms with Gasteiger partial charge >= 0.3 is 0 Å². The summed E-state index contributed by atoms with van der Waals surface area (Å²) in [5.41, 5.74) is 6.80. The highest BCUT2D eigenvalue weighted by molar-refractivity contribution is 6.02. The largest absolute Gasteiger partial charge is 0.366 e. The number of hydrogen-bond acceptors (Lipinski definition) is 6. The molecular weight excluding hydrogens is 264 g/mol. The van der Waals surface area contributed by atoms with Crippen molar-refractivity contribution in [1.29, 1.82) is 0 Å². The standard InChI is InChI=1S/C11H12N6O3/c1-5-4-8(17(19)20)6(2)3-7(5)13-10(18)9-14-11(12)16-15-9/h3-4H,1-2H3,(H,13,18)(H3,12,14,15,16). The van der Waals surface area contributed by atoms with Gasteiger partial charge in [-0.25, -0.2) is 0 Å². The third-order valence-corrected chi connectivity index (χ3v) is 2.71. The van der Waals surface area contributed by atoms with Crippen molar-refractivity contribution >= 4 is 23.2 Å². The Morgan fingerprint density at radius 2 is 2.10 bits per heavy atom. The minimum atomic E-state index is -0.523. The molecule has 0 radical (unpaired) electrons. The van der Waals surface area contributed by atoms with Crippen LogP contribution in [0.2, 0.25) is 0 Å². The summed E-state index contributed by atoms with van der Waals surface area (Å²) < 4.78 is 0. The van der Waals surface area contributed by atoms with Gasteiger partial charge < -0.3 is 11.1 Å². The summed E-state index contributed by atoms with van der Waals surface area (Å²) in [7, 11) is 0. The molecule has 9 nitrogen and oxygen atoms in total. The number of amides is 1. The lowest BCUT2D eigenvalue weighted by atomic mass is 10.1. The minimum Gasteiger partial charge on any atom is -0.366 e. The maximum absolute atomic E-state index is 11.9. The van der Waals surface area contributed by atoms with Gasteiger partial charge in [0.05, 0.1) is 4.92 Å². The first kappa shape index (κ1) is 13.5. The van der Waals surface area contributed by atoms with Crippen molar-refractivity contribution in [3.05, 3.63) is 39.2 Å². The number of carbonyl (C=O) groups excluding carboxylic acids is 1. The highest BCUT2D eigenvalue weighted by Crippen LogP contribution is 2.26. The Kier molecular flexibility index (Phi) is 3.34. The van der Waals surface area contributed by atoms with Gasteiger partial charge in [0.25, 0.3) is 11.6 Å². The zero-order valence-corrected chi connectivity index (χ0v) is 10.8. The van der Waals surface area contributed by atoms with E-state index in [0.29, 0.717) is 16.8 Å². The Morgan fingerprint density at radius 1 is 1.40 bits per heavy atom. The zero-order chi connectivity index (χ0) is 14.9. The number of aryl methyl sites for hydroxylation is 2. The van der Waals surface area contributed by atoms with Gasteiger partial charge in [0.1, 0.15) is 0 Å². The van der Waals surface area contributed by atoms with Crippen molar-refractivity contribution in [3.63, 3.8) is 0 Å². The van der Waals surface area contributed by atoms with E-state index in [0.717, 1.165) is 0 Å². The molecular formula is C11H12N6O3. The van der Waals surface area contributed by atoms with E-state index >= 15 is 0 Å². The summed E-state index contributed by atoms with van der Waals surface area (Å²) in [5.74, 6) is -0.588. The highest BCUT2D eigenvalue weighted by Gasteiger charge is 2.16. The van der Waals surface area contributed by atoms with Crippen LogP contribution in [0.3, 0.4) is 0 Å². The van der Waals surface area contributed by atoms with Crippen LogP contribution < -0.4 is 11.1 Å². The zero-order valence-electron chi connectivity index (χ0n) is 10.8. The molecule has 1 heterocycles. The monoisotopic (exact) mass is 276 g/mol. The van der Waals surface area contributed by atoms with Crippen LogP contribution in [0.5, 0.6) is 0 Å². The maximum Gasteiger partial charge on any atom is 0.293 e. The topological polar surface area (TPSA) is 140 Å². The molecule has 20 heavy (non-hydrogen) atoms.